The van der Waals surface area contributed by atoms with Crippen LogP contribution in [0.25, 0.3) is 11.3 Å². The molecule has 1 aliphatic heterocycles. The average molecular weight is 378 g/mol. The summed E-state index contributed by atoms with van der Waals surface area (Å²) < 4.78 is 0. The monoisotopic (exact) mass is 377 g/mol. The standard InChI is InChI=1S/C22H23N3OS/c26-21(15-17-7-3-1-4-8-17)23-19-11-9-18(10-12-19)20-16-27-22(24-20)25-13-5-2-6-14-25/h1,3-4,7-12,16H,2,5-6,13-15H2,(H,23,26). The van der Waals surface area contributed by atoms with E-state index in [0.29, 0.717) is 6.42 Å². The van der Waals surface area contributed by atoms with Gasteiger partial charge in [-0.1, -0.05) is 42.5 Å². The summed E-state index contributed by atoms with van der Waals surface area (Å²) in [7, 11) is 0. The second-order valence-electron chi connectivity index (χ2n) is 6.85. The summed E-state index contributed by atoms with van der Waals surface area (Å²) in [6.07, 6.45) is 4.22. The summed E-state index contributed by atoms with van der Waals surface area (Å²) in [5.41, 5.74) is 3.91. The highest BCUT2D eigenvalue weighted by atomic mass is 32.1. The first kappa shape index (κ1) is 17.7. The largest absolute Gasteiger partial charge is 0.348 e. The van der Waals surface area contributed by atoms with Gasteiger partial charge in [0, 0.05) is 29.7 Å². The molecule has 0 unspecified atom stereocenters. The van der Waals surface area contributed by atoms with E-state index in [-0.39, 0.29) is 5.91 Å². The topological polar surface area (TPSA) is 45.2 Å². The number of benzene rings is 2. The van der Waals surface area contributed by atoms with Gasteiger partial charge in [-0.15, -0.1) is 11.3 Å². The van der Waals surface area contributed by atoms with Crippen LogP contribution < -0.4 is 10.2 Å². The molecule has 27 heavy (non-hydrogen) atoms. The predicted octanol–water partition coefficient (Wildman–Crippen LogP) is 4.98. The number of rotatable bonds is 5. The molecule has 0 atom stereocenters. The summed E-state index contributed by atoms with van der Waals surface area (Å²) in [4.78, 5) is 19.4. The third-order valence-electron chi connectivity index (χ3n) is 4.79. The number of hydrogen-bond donors (Lipinski definition) is 1. The number of piperidine rings is 1. The lowest BCUT2D eigenvalue weighted by Gasteiger charge is -2.25. The summed E-state index contributed by atoms with van der Waals surface area (Å²) in [6.45, 7) is 2.22. The number of anilines is 2. The molecule has 5 heteroatoms. The Balaban J connectivity index is 1.38. The summed E-state index contributed by atoms with van der Waals surface area (Å²) in [5, 5.41) is 6.19. The van der Waals surface area contributed by atoms with Crippen molar-refractivity contribution in [3.63, 3.8) is 0 Å². The van der Waals surface area contributed by atoms with Crippen LogP contribution in [0.5, 0.6) is 0 Å². The number of carbonyl (C=O) groups excluding carboxylic acids is 1. The third-order valence-corrected chi connectivity index (χ3v) is 5.69. The maximum absolute atomic E-state index is 12.2. The Morgan fingerprint density at radius 2 is 1.74 bits per heavy atom. The molecule has 0 aliphatic carbocycles. The van der Waals surface area contributed by atoms with Crippen LogP contribution in [0.3, 0.4) is 0 Å². The number of thiazole rings is 1. The maximum atomic E-state index is 12.2. The molecule has 3 aromatic rings. The van der Waals surface area contributed by atoms with E-state index in [1.54, 1.807) is 11.3 Å². The third kappa shape index (κ3) is 4.55. The van der Waals surface area contributed by atoms with E-state index in [2.05, 4.69) is 15.6 Å². The Bertz CT molecular complexity index is 883. The maximum Gasteiger partial charge on any atom is 0.228 e. The van der Waals surface area contributed by atoms with Crippen molar-refractivity contribution < 1.29 is 4.79 Å². The molecular formula is C22H23N3OS. The first-order valence-electron chi connectivity index (χ1n) is 9.43. The van der Waals surface area contributed by atoms with Crippen LogP contribution in [-0.4, -0.2) is 24.0 Å². The molecule has 1 N–H and O–H groups in total. The minimum Gasteiger partial charge on any atom is -0.348 e. The number of aromatic nitrogens is 1. The normalized spacial score (nSPS) is 14.1. The van der Waals surface area contributed by atoms with E-state index >= 15 is 0 Å². The van der Waals surface area contributed by atoms with Gasteiger partial charge in [-0.05, 0) is 37.0 Å². The number of nitrogens with zero attached hydrogens (tertiary/aromatic N) is 2. The van der Waals surface area contributed by atoms with Crippen LogP contribution in [0.1, 0.15) is 24.8 Å². The zero-order valence-corrected chi connectivity index (χ0v) is 16.0. The fourth-order valence-electron chi connectivity index (χ4n) is 3.34. The first-order chi connectivity index (χ1) is 13.3. The number of carbonyl (C=O) groups is 1. The van der Waals surface area contributed by atoms with E-state index < -0.39 is 0 Å². The van der Waals surface area contributed by atoms with Crippen molar-refractivity contribution in [2.75, 3.05) is 23.3 Å². The lowest BCUT2D eigenvalue weighted by atomic mass is 10.1. The number of amides is 1. The lowest BCUT2D eigenvalue weighted by Crippen LogP contribution is -2.29. The molecule has 2 heterocycles. The van der Waals surface area contributed by atoms with Gasteiger partial charge in [0.05, 0.1) is 12.1 Å². The fourth-order valence-corrected chi connectivity index (χ4v) is 4.23. The highest BCUT2D eigenvalue weighted by molar-refractivity contribution is 7.14. The molecule has 4 nitrogen and oxygen atoms in total. The van der Waals surface area contributed by atoms with Gasteiger partial charge >= 0.3 is 0 Å². The second kappa shape index (κ2) is 8.35. The fraction of sp³-hybridized carbons (Fsp3) is 0.273. The smallest absolute Gasteiger partial charge is 0.228 e. The van der Waals surface area contributed by atoms with Crippen molar-refractivity contribution in [3.05, 3.63) is 65.5 Å². The first-order valence-corrected chi connectivity index (χ1v) is 10.3. The predicted molar refractivity (Wildman–Crippen MR) is 112 cm³/mol. The van der Waals surface area contributed by atoms with Crippen LogP contribution >= 0.6 is 11.3 Å². The van der Waals surface area contributed by atoms with E-state index in [1.807, 2.05) is 54.6 Å². The van der Waals surface area contributed by atoms with E-state index in [9.17, 15) is 4.79 Å². The Kier molecular flexibility index (Phi) is 5.49. The van der Waals surface area contributed by atoms with Crippen LogP contribution in [0.2, 0.25) is 0 Å². The van der Waals surface area contributed by atoms with Crippen LogP contribution in [-0.2, 0) is 11.2 Å². The molecule has 2 aromatic carbocycles. The zero-order valence-electron chi connectivity index (χ0n) is 15.2. The van der Waals surface area contributed by atoms with Gasteiger partial charge in [0.2, 0.25) is 5.91 Å². The molecule has 1 fully saturated rings. The van der Waals surface area contributed by atoms with E-state index in [1.165, 1.54) is 19.3 Å². The van der Waals surface area contributed by atoms with Gasteiger partial charge in [-0.2, -0.15) is 0 Å². The Morgan fingerprint density at radius 3 is 2.48 bits per heavy atom. The average Bonchev–Trinajstić information content (AvgIpc) is 3.20. The number of hydrogen-bond acceptors (Lipinski definition) is 4. The van der Waals surface area contributed by atoms with Crippen LogP contribution in [0, 0.1) is 0 Å². The Labute approximate surface area is 163 Å². The molecule has 138 valence electrons. The van der Waals surface area contributed by atoms with Crippen molar-refractivity contribution in [1.29, 1.82) is 0 Å². The molecule has 0 spiro atoms. The van der Waals surface area contributed by atoms with Crippen LogP contribution in [0.4, 0.5) is 10.8 Å². The quantitative estimate of drug-likeness (QED) is 0.682. The van der Waals surface area contributed by atoms with Gasteiger partial charge in [0.1, 0.15) is 0 Å². The van der Waals surface area contributed by atoms with Crippen molar-refractivity contribution in [2.45, 2.75) is 25.7 Å². The summed E-state index contributed by atoms with van der Waals surface area (Å²) in [5.74, 6) is -0.00464. The highest BCUT2D eigenvalue weighted by Gasteiger charge is 2.15. The van der Waals surface area contributed by atoms with Gasteiger partial charge in [-0.25, -0.2) is 4.98 Å². The molecule has 0 saturated carbocycles. The Morgan fingerprint density at radius 1 is 1.00 bits per heavy atom. The molecule has 1 aliphatic rings. The molecule has 1 amide bonds. The Hall–Kier alpha value is -2.66. The molecule has 0 radical (unpaired) electrons. The minimum absolute atomic E-state index is 0.00464. The van der Waals surface area contributed by atoms with Crippen molar-refractivity contribution in [1.82, 2.24) is 4.98 Å². The summed E-state index contributed by atoms with van der Waals surface area (Å²) in [6, 6.07) is 17.7. The number of nitrogens with one attached hydrogen (secondary N) is 1. The summed E-state index contributed by atoms with van der Waals surface area (Å²) >= 11 is 1.71. The van der Waals surface area contributed by atoms with Gasteiger partial charge in [0.25, 0.3) is 0 Å². The highest BCUT2D eigenvalue weighted by Crippen LogP contribution is 2.29. The molecule has 1 saturated heterocycles. The molecule has 4 rings (SSSR count). The van der Waals surface area contributed by atoms with E-state index in [4.69, 9.17) is 4.98 Å². The molecular weight excluding hydrogens is 354 g/mol. The second-order valence-corrected chi connectivity index (χ2v) is 7.69. The van der Waals surface area contributed by atoms with Gasteiger partial charge in [0.15, 0.2) is 5.13 Å². The SMILES string of the molecule is O=C(Cc1ccccc1)Nc1ccc(-c2csc(N3CCCCC3)n2)cc1. The van der Waals surface area contributed by atoms with Crippen LogP contribution in [0.15, 0.2) is 60.0 Å². The van der Waals surface area contributed by atoms with Crippen molar-refractivity contribution in [2.24, 2.45) is 0 Å². The van der Waals surface area contributed by atoms with Crippen molar-refractivity contribution in [3.8, 4) is 11.3 Å². The van der Waals surface area contributed by atoms with Gasteiger partial charge in [-0.3, -0.25) is 4.79 Å². The van der Waals surface area contributed by atoms with Gasteiger partial charge < -0.3 is 10.2 Å². The minimum atomic E-state index is -0.00464. The van der Waals surface area contributed by atoms with E-state index in [0.717, 1.165) is 40.7 Å². The zero-order chi connectivity index (χ0) is 18.5. The molecule has 0 bridgehead atoms. The van der Waals surface area contributed by atoms with Crippen molar-refractivity contribution >= 4 is 28.1 Å². The molecule has 1 aromatic heterocycles. The lowest BCUT2D eigenvalue weighted by molar-refractivity contribution is -0.115.